The predicted octanol–water partition coefficient (Wildman–Crippen LogP) is 1.61. The second kappa shape index (κ2) is 5.46. The Morgan fingerprint density at radius 1 is 1.53 bits per heavy atom. The third-order valence-electron chi connectivity index (χ3n) is 2.09. The Bertz CT molecular complexity index is 341. The molecule has 1 rings (SSSR count). The van der Waals surface area contributed by atoms with Crippen molar-refractivity contribution < 1.29 is 13.9 Å². The summed E-state index contributed by atoms with van der Waals surface area (Å²) in [7, 11) is 0. The lowest BCUT2D eigenvalue weighted by Gasteiger charge is -2.12. The van der Waals surface area contributed by atoms with Gasteiger partial charge in [0.25, 0.3) is 0 Å². The summed E-state index contributed by atoms with van der Waals surface area (Å²) in [6.07, 6.45) is -0.159. The lowest BCUT2D eigenvalue weighted by Crippen LogP contribution is -2.30. The van der Waals surface area contributed by atoms with Gasteiger partial charge in [0.2, 0.25) is 5.91 Å². The van der Waals surface area contributed by atoms with Crippen molar-refractivity contribution in [2.24, 2.45) is 5.73 Å². The molecule has 2 N–H and O–H groups in total. The molecular weight excluding hydrogens is 197 g/mol. The summed E-state index contributed by atoms with van der Waals surface area (Å²) < 4.78 is 18.4. The second-order valence-corrected chi connectivity index (χ2v) is 3.20. The molecule has 0 radical (unpaired) electrons. The van der Waals surface area contributed by atoms with Crippen LogP contribution in [0.2, 0.25) is 0 Å². The van der Waals surface area contributed by atoms with Crippen LogP contribution in [0.1, 0.15) is 18.9 Å². The molecule has 82 valence electrons. The normalized spacial score (nSPS) is 12.4. The van der Waals surface area contributed by atoms with Crippen LogP contribution in [0.3, 0.4) is 0 Å². The molecule has 1 unspecified atom stereocenters. The number of amides is 1. The largest absolute Gasteiger partial charge is 0.367 e. The highest BCUT2D eigenvalue weighted by atomic mass is 19.1. The molecule has 1 atom stereocenters. The van der Waals surface area contributed by atoms with E-state index in [0.29, 0.717) is 12.0 Å². The molecule has 0 bridgehead atoms. The van der Waals surface area contributed by atoms with Gasteiger partial charge in [-0.15, -0.1) is 0 Å². The summed E-state index contributed by atoms with van der Waals surface area (Å²) in [5.41, 5.74) is 5.52. The van der Waals surface area contributed by atoms with Gasteiger partial charge in [-0.2, -0.15) is 0 Å². The number of hydrogen-bond donors (Lipinski definition) is 1. The van der Waals surface area contributed by atoms with Crippen LogP contribution in [-0.4, -0.2) is 12.0 Å². The minimum Gasteiger partial charge on any atom is -0.367 e. The van der Waals surface area contributed by atoms with Crippen LogP contribution >= 0.6 is 0 Å². The lowest BCUT2D eigenvalue weighted by molar-refractivity contribution is -0.130. The highest BCUT2D eigenvalue weighted by Gasteiger charge is 2.13. The van der Waals surface area contributed by atoms with Gasteiger partial charge in [0.15, 0.2) is 0 Å². The summed E-state index contributed by atoms with van der Waals surface area (Å²) in [4.78, 5) is 10.8. The molecule has 0 aliphatic carbocycles. The first kappa shape index (κ1) is 11.7. The number of nitrogens with two attached hydrogens (primary N) is 1. The Morgan fingerprint density at radius 2 is 2.20 bits per heavy atom. The smallest absolute Gasteiger partial charge is 0.246 e. The zero-order chi connectivity index (χ0) is 11.3. The Hall–Kier alpha value is -1.42. The average Bonchev–Trinajstić information content (AvgIpc) is 2.21. The van der Waals surface area contributed by atoms with Crippen molar-refractivity contribution in [2.45, 2.75) is 26.1 Å². The maximum absolute atomic E-state index is 13.1. The van der Waals surface area contributed by atoms with Gasteiger partial charge in [-0.1, -0.05) is 25.1 Å². The van der Waals surface area contributed by atoms with Crippen molar-refractivity contribution in [3.8, 4) is 0 Å². The SMILES string of the molecule is CCC(OCc1ccccc1F)C(N)=O. The van der Waals surface area contributed by atoms with E-state index in [0.717, 1.165) is 0 Å². The maximum Gasteiger partial charge on any atom is 0.246 e. The number of hydrogen-bond acceptors (Lipinski definition) is 2. The van der Waals surface area contributed by atoms with E-state index in [1.165, 1.54) is 6.07 Å². The minimum atomic E-state index is -0.649. The Balaban J connectivity index is 2.56. The van der Waals surface area contributed by atoms with Gasteiger partial charge >= 0.3 is 0 Å². The van der Waals surface area contributed by atoms with Crippen LogP contribution in [0.15, 0.2) is 24.3 Å². The summed E-state index contributed by atoms with van der Waals surface area (Å²) in [6.45, 7) is 1.85. The molecule has 1 amide bonds. The fourth-order valence-corrected chi connectivity index (χ4v) is 1.21. The molecule has 1 aromatic rings. The van der Waals surface area contributed by atoms with Crippen LogP contribution in [0.5, 0.6) is 0 Å². The first-order valence-electron chi connectivity index (χ1n) is 4.79. The molecule has 15 heavy (non-hydrogen) atoms. The highest BCUT2D eigenvalue weighted by Crippen LogP contribution is 2.09. The average molecular weight is 211 g/mol. The summed E-state index contributed by atoms with van der Waals surface area (Å²) in [5.74, 6) is -0.856. The Labute approximate surface area is 88.0 Å². The van der Waals surface area contributed by atoms with Crippen LogP contribution in [0, 0.1) is 5.82 Å². The van der Waals surface area contributed by atoms with Gasteiger partial charge in [0.05, 0.1) is 6.61 Å². The van der Waals surface area contributed by atoms with Crippen molar-refractivity contribution >= 4 is 5.91 Å². The van der Waals surface area contributed by atoms with E-state index < -0.39 is 12.0 Å². The molecular formula is C11H14FNO2. The predicted molar refractivity (Wildman–Crippen MR) is 54.5 cm³/mol. The minimum absolute atomic E-state index is 0.0636. The molecule has 3 nitrogen and oxygen atoms in total. The molecule has 0 aromatic heterocycles. The summed E-state index contributed by atoms with van der Waals surface area (Å²) in [5, 5.41) is 0. The zero-order valence-corrected chi connectivity index (χ0v) is 8.57. The Kier molecular flexibility index (Phi) is 4.24. The second-order valence-electron chi connectivity index (χ2n) is 3.20. The van der Waals surface area contributed by atoms with Gasteiger partial charge in [0.1, 0.15) is 11.9 Å². The fourth-order valence-electron chi connectivity index (χ4n) is 1.21. The van der Waals surface area contributed by atoms with Crippen LogP contribution in [0.4, 0.5) is 4.39 Å². The van der Waals surface area contributed by atoms with E-state index in [1.54, 1.807) is 25.1 Å². The van der Waals surface area contributed by atoms with Gasteiger partial charge in [-0.25, -0.2) is 4.39 Å². The van der Waals surface area contributed by atoms with Gasteiger partial charge in [-0.3, -0.25) is 4.79 Å². The summed E-state index contributed by atoms with van der Waals surface area (Å²) in [6, 6.07) is 6.28. The molecule has 0 spiro atoms. The van der Waals surface area contributed by atoms with Crippen LogP contribution in [-0.2, 0) is 16.1 Å². The number of rotatable bonds is 5. The lowest BCUT2D eigenvalue weighted by atomic mass is 10.2. The van der Waals surface area contributed by atoms with E-state index in [2.05, 4.69) is 0 Å². The quantitative estimate of drug-likeness (QED) is 0.804. The molecule has 4 heteroatoms. The topological polar surface area (TPSA) is 52.3 Å². The molecule has 0 aliphatic heterocycles. The van der Waals surface area contributed by atoms with E-state index >= 15 is 0 Å². The van der Waals surface area contributed by atoms with Gasteiger partial charge < -0.3 is 10.5 Å². The monoisotopic (exact) mass is 211 g/mol. The van der Waals surface area contributed by atoms with Crippen LogP contribution in [0.25, 0.3) is 0 Å². The van der Waals surface area contributed by atoms with Crippen molar-refractivity contribution in [3.05, 3.63) is 35.6 Å². The fraction of sp³-hybridized carbons (Fsp3) is 0.364. The van der Waals surface area contributed by atoms with Crippen molar-refractivity contribution in [2.75, 3.05) is 0 Å². The van der Waals surface area contributed by atoms with Crippen molar-refractivity contribution in [1.29, 1.82) is 0 Å². The number of carbonyl (C=O) groups is 1. The number of carbonyl (C=O) groups excluding carboxylic acids is 1. The van der Waals surface area contributed by atoms with Gasteiger partial charge in [0, 0.05) is 5.56 Å². The van der Waals surface area contributed by atoms with E-state index in [-0.39, 0.29) is 12.4 Å². The molecule has 0 saturated heterocycles. The van der Waals surface area contributed by atoms with E-state index in [4.69, 9.17) is 10.5 Å². The van der Waals surface area contributed by atoms with Crippen molar-refractivity contribution in [3.63, 3.8) is 0 Å². The number of benzene rings is 1. The number of ether oxygens (including phenoxy) is 1. The Morgan fingerprint density at radius 3 is 2.73 bits per heavy atom. The molecule has 1 aromatic carbocycles. The molecule has 0 aliphatic rings. The first-order valence-corrected chi connectivity index (χ1v) is 4.79. The third kappa shape index (κ3) is 3.32. The van der Waals surface area contributed by atoms with Gasteiger partial charge in [-0.05, 0) is 12.5 Å². The van der Waals surface area contributed by atoms with E-state index in [9.17, 15) is 9.18 Å². The van der Waals surface area contributed by atoms with Crippen LogP contribution < -0.4 is 5.73 Å². The molecule has 0 saturated carbocycles. The summed E-state index contributed by atoms with van der Waals surface area (Å²) >= 11 is 0. The first-order chi connectivity index (χ1) is 7.15. The highest BCUT2D eigenvalue weighted by molar-refractivity contribution is 5.78. The zero-order valence-electron chi connectivity index (χ0n) is 8.57. The molecule has 0 fully saturated rings. The standard InChI is InChI=1S/C11H14FNO2/c1-2-10(11(13)14)15-7-8-5-3-4-6-9(8)12/h3-6,10H,2,7H2,1H3,(H2,13,14). The maximum atomic E-state index is 13.1. The van der Waals surface area contributed by atoms with Crippen molar-refractivity contribution in [1.82, 2.24) is 0 Å². The third-order valence-corrected chi connectivity index (χ3v) is 2.09. The number of primary amides is 1. The molecule has 0 heterocycles. The van der Waals surface area contributed by atoms with E-state index in [1.807, 2.05) is 0 Å². The number of halogens is 1.